The number of primary amides is 1. The molecule has 0 spiro atoms. The first kappa shape index (κ1) is 27.8. The Morgan fingerprint density at radius 3 is 2.36 bits per heavy atom. The van der Waals surface area contributed by atoms with Gasteiger partial charge < -0.3 is 20.9 Å². The lowest BCUT2D eigenvalue weighted by molar-refractivity contribution is 0.0996. The highest BCUT2D eigenvalue weighted by atomic mass is 32.2. The van der Waals surface area contributed by atoms with Crippen LogP contribution >= 0.6 is 11.8 Å². The van der Waals surface area contributed by atoms with Crippen LogP contribution in [0.5, 0.6) is 5.75 Å². The monoisotopic (exact) mass is 509 g/mol. The summed E-state index contributed by atoms with van der Waals surface area (Å²) in [7, 11) is 1.64. The fourth-order valence-corrected chi connectivity index (χ4v) is 5.32. The Kier molecular flexibility index (Phi) is 11.4. The molecule has 36 heavy (non-hydrogen) atoms. The molecule has 0 aliphatic carbocycles. The van der Waals surface area contributed by atoms with Crippen molar-refractivity contribution in [2.75, 3.05) is 24.8 Å². The summed E-state index contributed by atoms with van der Waals surface area (Å²) in [6.45, 7) is 2.35. The van der Waals surface area contributed by atoms with E-state index >= 15 is 0 Å². The van der Waals surface area contributed by atoms with Crippen molar-refractivity contribution < 1.29 is 14.6 Å². The van der Waals surface area contributed by atoms with Gasteiger partial charge in [0.25, 0.3) is 5.91 Å². The van der Waals surface area contributed by atoms with Gasteiger partial charge in [0.05, 0.1) is 18.3 Å². The Morgan fingerprint density at radius 1 is 1.00 bits per heavy atom. The van der Waals surface area contributed by atoms with Crippen molar-refractivity contribution in [3.8, 4) is 5.75 Å². The number of aryl methyl sites for hydroxylation is 1. The van der Waals surface area contributed by atoms with E-state index in [-0.39, 0.29) is 5.69 Å². The highest BCUT2D eigenvalue weighted by Gasteiger charge is 2.13. The van der Waals surface area contributed by atoms with E-state index in [0.717, 1.165) is 52.2 Å². The van der Waals surface area contributed by atoms with Crippen molar-refractivity contribution in [3.05, 3.63) is 53.7 Å². The van der Waals surface area contributed by atoms with Crippen LogP contribution in [0.2, 0.25) is 0 Å². The molecule has 0 unspecified atom stereocenters. The van der Waals surface area contributed by atoms with Gasteiger partial charge in [0, 0.05) is 28.6 Å². The van der Waals surface area contributed by atoms with Gasteiger partial charge in [-0.25, -0.2) is 4.98 Å². The Bertz CT molecular complexity index is 1140. The number of methoxy groups -OCH3 is 1. The number of unbranched alkanes of at least 4 members (excludes halogenated alkanes) is 8. The number of thioether (sulfide) groups is 1. The number of fused-ring (bicyclic) bond motifs is 1. The second-order valence-electron chi connectivity index (χ2n) is 9.17. The maximum Gasteiger partial charge on any atom is 0.267 e. The van der Waals surface area contributed by atoms with E-state index in [4.69, 9.17) is 15.6 Å². The number of benzene rings is 2. The lowest BCUT2D eigenvalue weighted by Crippen LogP contribution is -2.14. The van der Waals surface area contributed by atoms with Crippen LogP contribution in [0.3, 0.4) is 0 Å². The summed E-state index contributed by atoms with van der Waals surface area (Å²) in [4.78, 5) is 17.7. The molecule has 0 aliphatic rings. The molecule has 1 amide bonds. The summed E-state index contributed by atoms with van der Waals surface area (Å²) in [5.74, 6) is 1.28. The van der Waals surface area contributed by atoms with E-state index in [9.17, 15) is 4.79 Å². The minimum absolute atomic E-state index is 0.241. The van der Waals surface area contributed by atoms with Crippen LogP contribution in [-0.2, 0) is 0 Å². The summed E-state index contributed by atoms with van der Waals surface area (Å²) in [5, 5.41) is 13.2. The normalized spacial score (nSPS) is 11.1. The number of hydrogen-bond acceptors (Lipinski definition) is 6. The largest absolute Gasteiger partial charge is 0.497 e. The van der Waals surface area contributed by atoms with Crippen LogP contribution in [0.25, 0.3) is 10.9 Å². The number of rotatable bonds is 16. The van der Waals surface area contributed by atoms with Crippen LogP contribution in [0.1, 0.15) is 73.8 Å². The van der Waals surface area contributed by atoms with E-state index in [1.165, 1.54) is 49.8 Å². The first-order valence-corrected chi connectivity index (χ1v) is 13.9. The first-order valence-electron chi connectivity index (χ1n) is 12.9. The molecule has 0 saturated heterocycles. The zero-order chi connectivity index (χ0) is 25.8. The van der Waals surface area contributed by atoms with Gasteiger partial charge in [-0.1, -0.05) is 51.0 Å². The quantitative estimate of drug-likeness (QED) is 0.142. The maximum atomic E-state index is 12.0. The number of aliphatic hydroxyl groups is 1. The molecule has 2 aromatic carbocycles. The molecule has 4 N–H and O–H groups in total. The molecule has 6 nitrogen and oxygen atoms in total. The minimum Gasteiger partial charge on any atom is -0.497 e. The van der Waals surface area contributed by atoms with Gasteiger partial charge in [0.15, 0.2) is 0 Å². The second kappa shape index (κ2) is 14.7. The maximum absolute atomic E-state index is 12.0. The Balaban J connectivity index is 1.64. The number of hydrogen-bond donors (Lipinski definition) is 3. The molecule has 3 aromatic rings. The Labute approximate surface area is 219 Å². The van der Waals surface area contributed by atoms with Crippen LogP contribution in [-0.4, -0.2) is 35.5 Å². The molecule has 7 heteroatoms. The van der Waals surface area contributed by atoms with Gasteiger partial charge in [-0.2, -0.15) is 0 Å². The summed E-state index contributed by atoms with van der Waals surface area (Å²) < 4.78 is 5.35. The molecule has 0 atom stereocenters. The summed E-state index contributed by atoms with van der Waals surface area (Å²) in [6, 6.07) is 13.7. The lowest BCUT2D eigenvalue weighted by atomic mass is 10.1. The highest BCUT2D eigenvalue weighted by Crippen LogP contribution is 2.33. The number of aliphatic hydroxyl groups excluding tert-OH is 1. The molecule has 0 bridgehead atoms. The predicted octanol–water partition coefficient (Wildman–Crippen LogP) is 6.99. The van der Waals surface area contributed by atoms with Crippen molar-refractivity contribution in [1.29, 1.82) is 0 Å². The Hall–Kier alpha value is -2.77. The third-order valence-corrected chi connectivity index (χ3v) is 7.31. The smallest absolute Gasteiger partial charge is 0.267 e. The number of ether oxygens (including phenoxy) is 1. The number of nitrogens with zero attached hydrogens (tertiary/aromatic N) is 1. The van der Waals surface area contributed by atoms with Gasteiger partial charge in [0.2, 0.25) is 0 Å². The topological polar surface area (TPSA) is 97.5 Å². The molecule has 0 saturated carbocycles. The number of nitrogens with one attached hydrogen (secondary N) is 1. The van der Waals surface area contributed by atoms with Crippen molar-refractivity contribution in [3.63, 3.8) is 0 Å². The molecule has 1 aromatic heterocycles. The van der Waals surface area contributed by atoms with E-state index < -0.39 is 5.91 Å². The van der Waals surface area contributed by atoms with Crippen LogP contribution < -0.4 is 15.8 Å². The predicted molar refractivity (Wildman–Crippen MR) is 151 cm³/mol. The number of anilines is 2. The zero-order valence-electron chi connectivity index (χ0n) is 21.5. The number of carbonyl (C=O) groups is 1. The molecule has 0 fully saturated rings. The summed E-state index contributed by atoms with van der Waals surface area (Å²) >= 11 is 1.87. The average molecular weight is 510 g/mol. The molecule has 0 radical (unpaired) electrons. The van der Waals surface area contributed by atoms with E-state index in [1.807, 2.05) is 43.0 Å². The summed E-state index contributed by atoms with van der Waals surface area (Å²) in [6.07, 6.45) is 10.9. The fourth-order valence-electron chi connectivity index (χ4n) is 4.28. The van der Waals surface area contributed by atoms with Gasteiger partial charge in [-0.05, 0) is 61.4 Å². The molecular weight excluding hydrogens is 470 g/mol. The zero-order valence-corrected chi connectivity index (χ0v) is 22.3. The van der Waals surface area contributed by atoms with Gasteiger partial charge in [-0.3, -0.25) is 4.79 Å². The SMILES string of the molecule is COc1cccc(Nc2cc(C(N)=O)nc3c(C)cc(SCCCCCCCCCCCO)cc23)c1. The van der Waals surface area contributed by atoms with Crippen molar-refractivity contribution in [2.24, 2.45) is 5.73 Å². The summed E-state index contributed by atoms with van der Waals surface area (Å²) in [5.41, 5.74) is 9.28. The number of pyridine rings is 1. The highest BCUT2D eigenvalue weighted by molar-refractivity contribution is 7.99. The average Bonchev–Trinajstić information content (AvgIpc) is 2.87. The van der Waals surface area contributed by atoms with Crippen molar-refractivity contribution in [1.82, 2.24) is 4.98 Å². The van der Waals surface area contributed by atoms with Crippen LogP contribution in [0.15, 0.2) is 47.4 Å². The molecule has 1 heterocycles. The number of aromatic nitrogens is 1. The van der Waals surface area contributed by atoms with Crippen LogP contribution in [0, 0.1) is 6.92 Å². The van der Waals surface area contributed by atoms with Gasteiger partial charge >= 0.3 is 0 Å². The third kappa shape index (κ3) is 8.42. The molecule has 0 aliphatic heterocycles. The standard InChI is InChI=1S/C29H39N3O3S/c1-21-17-24(36-16-11-9-7-5-3-4-6-8-10-15-33)19-25-26(20-27(29(30)34)32-28(21)25)31-22-13-12-14-23(18-22)35-2/h12-14,17-20,33H,3-11,15-16H2,1-2H3,(H2,30,34)(H,31,32). The van der Waals surface area contributed by atoms with Gasteiger partial charge in [0.1, 0.15) is 11.4 Å². The minimum atomic E-state index is -0.548. The van der Waals surface area contributed by atoms with Crippen molar-refractivity contribution in [2.45, 2.75) is 69.6 Å². The van der Waals surface area contributed by atoms with E-state index in [2.05, 4.69) is 22.4 Å². The number of amides is 1. The second-order valence-corrected chi connectivity index (χ2v) is 10.3. The lowest BCUT2D eigenvalue weighted by Gasteiger charge is -2.14. The van der Waals surface area contributed by atoms with E-state index in [0.29, 0.717) is 6.61 Å². The molecule has 3 rings (SSSR count). The molecule has 194 valence electrons. The molecular formula is C29H39N3O3S. The number of carbonyl (C=O) groups excluding carboxylic acids is 1. The van der Waals surface area contributed by atoms with E-state index in [1.54, 1.807) is 13.2 Å². The number of nitrogens with two attached hydrogens (primary N) is 1. The first-order chi connectivity index (χ1) is 17.5. The van der Waals surface area contributed by atoms with Gasteiger partial charge in [-0.15, -0.1) is 11.8 Å². The Morgan fingerprint density at radius 2 is 1.69 bits per heavy atom. The third-order valence-electron chi connectivity index (χ3n) is 6.25. The fraction of sp³-hybridized carbons (Fsp3) is 0.448. The van der Waals surface area contributed by atoms with Crippen LogP contribution in [0.4, 0.5) is 11.4 Å². The van der Waals surface area contributed by atoms with Crippen molar-refractivity contribution >= 4 is 39.9 Å².